The van der Waals surface area contributed by atoms with Crippen LogP contribution in [-0.4, -0.2) is 58.8 Å². The van der Waals surface area contributed by atoms with E-state index in [1.165, 1.54) is 0 Å². The molecule has 0 heterocycles. The molecule has 0 spiro atoms. The fourth-order valence-electron chi connectivity index (χ4n) is 3.45. The highest BCUT2D eigenvalue weighted by atomic mass is 16.4. The van der Waals surface area contributed by atoms with E-state index >= 15 is 0 Å². The molecule has 2 N–H and O–H groups in total. The fourth-order valence-corrected chi connectivity index (χ4v) is 3.45. The number of hydrogen-bond acceptors (Lipinski definition) is 4. The first kappa shape index (κ1) is 25.1. The second-order valence-electron chi connectivity index (χ2n) is 7.20. The van der Waals surface area contributed by atoms with Gasteiger partial charge < -0.3 is 24.6 Å². The van der Waals surface area contributed by atoms with Crippen LogP contribution in [0.4, 0.5) is 0 Å². The molecule has 0 aliphatic heterocycles. The van der Waals surface area contributed by atoms with E-state index in [4.69, 9.17) is 10.2 Å². The highest BCUT2D eigenvalue weighted by Crippen LogP contribution is 2.18. The number of hydrogen-bond donors (Lipinski definition) is 2. The maximum absolute atomic E-state index is 10.9. The quantitative estimate of drug-likeness (QED) is 0.200. The third-order valence-electron chi connectivity index (χ3n) is 4.85. The summed E-state index contributed by atoms with van der Waals surface area (Å²) < 4.78 is 0.593. The first-order valence-electron chi connectivity index (χ1n) is 9.91. The lowest BCUT2D eigenvalue weighted by molar-refractivity contribution is -0.929. The third-order valence-corrected chi connectivity index (χ3v) is 4.85. The lowest BCUT2D eigenvalue weighted by Crippen LogP contribution is -2.51. The summed E-state index contributed by atoms with van der Waals surface area (Å²) in [5.74, 6) is -2.79. The minimum atomic E-state index is -1.09. The van der Waals surface area contributed by atoms with Crippen molar-refractivity contribution in [2.75, 3.05) is 26.2 Å². The van der Waals surface area contributed by atoms with Crippen LogP contribution in [0.25, 0.3) is 0 Å². The Labute approximate surface area is 162 Å². The monoisotopic (exact) mass is 385 g/mol. The topological polar surface area (TPSA) is 115 Å². The van der Waals surface area contributed by atoms with Crippen LogP contribution in [-0.2, 0) is 14.4 Å². The molecule has 0 amide bonds. The number of nitrogens with zero attached hydrogens (tertiary/aromatic N) is 1. The number of carboxylic acid groups (broad SMARTS) is 3. The van der Waals surface area contributed by atoms with Crippen molar-refractivity contribution in [1.82, 2.24) is 0 Å². The van der Waals surface area contributed by atoms with Gasteiger partial charge in [0, 0.05) is 25.2 Å². The molecule has 0 aliphatic rings. The first-order chi connectivity index (χ1) is 12.8. The second kappa shape index (κ2) is 15.2. The molecule has 7 heteroatoms. The molecule has 27 heavy (non-hydrogen) atoms. The molecule has 0 bridgehead atoms. The van der Waals surface area contributed by atoms with Crippen molar-refractivity contribution in [3.05, 3.63) is 12.7 Å². The van der Waals surface area contributed by atoms with Crippen LogP contribution in [0.1, 0.15) is 70.6 Å². The van der Waals surface area contributed by atoms with Crippen molar-refractivity contribution in [2.45, 2.75) is 70.6 Å². The number of allylic oxidation sites excluding steroid dienone is 1. The molecule has 0 aliphatic carbocycles. The Hall–Kier alpha value is -1.89. The average molecular weight is 386 g/mol. The molecule has 0 unspecified atom stereocenters. The van der Waals surface area contributed by atoms with Crippen LogP contribution in [0.3, 0.4) is 0 Å². The molecular weight excluding hydrogens is 350 g/mol. The van der Waals surface area contributed by atoms with E-state index in [0.717, 1.165) is 38.6 Å². The Balaban J connectivity index is 4.85. The first-order valence-corrected chi connectivity index (χ1v) is 9.91. The lowest BCUT2D eigenvalue weighted by Gasteiger charge is -2.39. The lowest BCUT2D eigenvalue weighted by atomic mass is 10.1. The van der Waals surface area contributed by atoms with Crippen LogP contribution in [0.2, 0.25) is 0 Å². The van der Waals surface area contributed by atoms with Gasteiger partial charge in [-0.2, -0.15) is 0 Å². The molecule has 0 aromatic carbocycles. The number of quaternary nitrogens is 1. The minimum Gasteiger partial charge on any atom is -0.550 e. The summed E-state index contributed by atoms with van der Waals surface area (Å²) in [6.07, 6.45) is 8.65. The standard InChI is InChI=1S/C20H35NO6/c1-2-3-4-5-6-7-14-21(15-8-11-18(22)23,16-9-12-19(24)25)17-10-13-20(26)27/h2H,1,3-17H2,(H2-,22,23,24,25,26,27). The van der Waals surface area contributed by atoms with Crippen molar-refractivity contribution in [3.63, 3.8) is 0 Å². The Bertz CT molecular complexity index is 413. The van der Waals surface area contributed by atoms with Gasteiger partial charge in [-0.1, -0.05) is 12.5 Å². The highest BCUT2D eigenvalue weighted by Gasteiger charge is 2.26. The highest BCUT2D eigenvalue weighted by molar-refractivity contribution is 5.66. The van der Waals surface area contributed by atoms with E-state index in [-0.39, 0.29) is 19.3 Å². The van der Waals surface area contributed by atoms with Crippen molar-refractivity contribution in [3.8, 4) is 0 Å². The number of carboxylic acids is 3. The summed E-state index contributed by atoms with van der Waals surface area (Å²) in [5.41, 5.74) is 0. The van der Waals surface area contributed by atoms with Crippen LogP contribution in [0.5, 0.6) is 0 Å². The smallest absolute Gasteiger partial charge is 0.303 e. The normalized spacial score (nSPS) is 11.3. The largest absolute Gasteiger partial charge is 0.550 e. The molecule has 0 fully saturated rings. The predicted octanol–water partition coefficient (Wildman–Crippen LogP) is 2.20. The van der Waals surface area contributed by atoms with Gasteiger partial charge in [-0.05, 0) is 32.1 Å². The summed E-state index contributed by atoms with van der Waals surface area (Å²) >= 11 is 0. The van der Waals surface area contributed by atoms with Gasteiger partial charge in [0.15, 0.2) is 0 Å². The van der Waals surface area contributed by atoms with Gasteiger partial charge in [0.2, 0.25) is 0 Å². The van der Waals surface area contributed by atoms with E-state index in [1.54, 1.807) is 0 Å². The average Bonchev–Trinajstić information content (AvgIpc) is 2.57. The van der Waals surface area contributed by atoms with Gasteiger partial charge in [0.05, 0.1) is 39.0 Å². The van der Waals surface area contributed by atoms with Gasteiger partial charge >= 0.3 is 11.9 Å². The van der Waals surface area contributed by atoms with E-state index in [2.05, 4.69) is 6.58 Å². The van der Waals surface area contributed by atoms with Crippen molar-refractivity contribution in [2.24, 2.45) is 0 Å². The van der Waals surface area contributed by atoms with Crippen LogP contribution in [0, 0.1) is 0 Å². The molecule has 7 nitrogen and oxygen atoms in total. The molecule has 0 radical (unpaired) electrons. The molecule has 0 aromatic rings. The minimum absolute atomic E-state index is 0.0306. The van der Waals surface area contributed by atoms with E-state index < -0.39 is 17.9 Å². The number of carbonyl (C=O) groups excluding carboxylic acids is 1. The molecular formula is C20H35NO6. The van der Waals surface area contributed by atoms with Crippen molar-refractivity contribution >= 4 is 17.9 Å². The summed E-state index contributed by atoms with van der Waals surface area (Å²) in [5, 5.41) is 28.6. The zero-order valence-electron chi connectivity index (χ0n) is 16.4. The van der Waals surface area contributed by atoms with E-state index in [9.17, 15) is 19.5 Å². The zero-order chi connectivity index (χ0) is 20.5. The van der Waals surface area contributed by atoms with Gasteiger partial charge in [0.1, 0.15) is 0 Å². The molecule has 0 atom stereocenters. The van der Waals surface area contributed by atoms with Gasteiger partial charge in [-0.25, -0.2) is 0 Å². The Kier molecular flexibility index (Phi) is 14.1. The van der Waals surface area contributed by atoms with Gasteiger partial charge in [0.25, 0.3) is 0 Å². The van der Waals surface area contributed by atoms with Crippen molar-refractivity contribution < 1.29 is 34.2 Å². The maximum Gasteiger partial charge on any atom is 0.303 e. The molecule has 0 aromatic heterocycles. The van der Waals surface area contributed by atoms with Crippen LogP contribution < -0.4 is 5.11 Å². The SMILES string of the molecule is C=CCCCCCC[N+](CCCC(=O)[O-])(CCCC(=O)O)CCCC(=O)O. The fraction of sp³-hybridized carbons (Fsp3) is 0.750. The Morgan fingerprint density at radius 3 is 1.63 bits per heavy atom. The summed E-state index contributed by atoms with van der Waals surface area (Å²) in [4.78, 5) is 32.5. The van der Waals surface area contributed by atoms with Gasteiger partial charge in [-0.15, -0.1) is 6.58 Å². The summed E-state index contributed by atoms with van der Waals surface area (Å²) in [7, 11) is 0. The number of rotatable bonds is 19. The number of carbonyl (C=O) groups is 3. The molecule has 0 saturated carbocycles. The van der Waals surface area contributed by atoms with Crippen molar-refractivity contribution in [1.29, 1.82) is 0 Å². The van der Waals surface area contributed by atoms with Crippen LogP contribution >= 0.6 is 0 Å². The third kappa shape index (κ3) is 14.9. The second-order valence-corrected chi connectivity index (χ2v) is 7.20. The number of unbranched alkanes of at least 4 members (excludes halogenated alkanes) is 4. The van der Waals surface area contributed by atoms with Crippen LogP contribution in [0.15, 0.2) is 12.7 Å². The molecule has 156 valence electrons. The summed E-state index contributed by atoms with van der Waals surface area (Å²) in [6, 6.07) is 0. The van der Waals surface area contributed by atoms with Gasteiger partial charge in [-0.3, -0.25) is 9.59 Å². The van der Waals surface area contributed by atoms with E-state index in [0.29, 0.717) is 43.4 Å². The summed E-state index contributed by atoms with van der Waals surface area (Å²) in [6.45, 7) is 6.40. The predicted molar refractivity (Wildman–Crippen MR) is 101 cm³/mol. The number of aliphatic carboxylic acids is 3. The molecule has 0 saturated heterocycles. The Morgan fingerprint density at radius 1 is 0.741 bits per heavy atom. The maximum atomic E-state index is 10.9. The molecule has 0 rings (SSSR count). The zero-order valence-corrected chi connectivity index (χ0v) is 16.4. The van der Waals surface area contributed by atoms with E-state index in [1.807, 2.05) is 6.08 Å². The Morgan fingerprint density at radius 2 is 1.19 bits per heavy atom.